The zero-order valence-electron chi connectivity index (χ0n) is 16.3. The molecule has 27 heavy (non-hydrogen) atoms. The first-order valence-electron chi connectivity index (χ1n) is 9.56. The van der Waals surface area contributed by atoms with E-state index in [1.165, 1.54) is 11.1 Å². The number of hydrogen-bond acceptors (Lipinski definition) is 4. The molecule has 0 fully saturated rings. The van der Waals surface area contributed by atoms with Gasteiger partial charge in [0.05, 0.1) is 0 Å². The van der Waals surface area contributed by atoms with Crippen LogP contribution in [0.4, 0.5) is 0 Å². The van der Waals surface area contributed by atoms with Crippen LogP contribution in [0.15, 0.2) is 70.6 Å². The number of ether oxygens (including phenoxy) is 2. The fourth-order valence-corrected chi connectivity index (χ4v) is 3.70. The Balaban J connectivity index is 1.62. The molecule has 0 aliphatic carbocycles. The molecular weight excluding hydrogens is 336 g/mol. The van der Waals surface area contributed by atoms with Crippen LogP contribution in [-0.2, 0) is 9.47 Å². The number of benzene rings is 2. The fraction of sp³-hybridized carbons (Fsp3) is 0.391. The zero-order valence-corrected chi connectivity index (χ0v) is 16.3. The molecule has 0 unspecified atom stereocenters. The number of hydrogen-bond donors (Lipinski definition) is 0. The van der Waals surface area contributed by atoms with Crippen LogP contribution in [0.5, 0.6) is 0 Å². The van der Waals surface area contributed by atoms with Crippen molar-refractivity contribution >= 4 is 11.8 Å². The Hall–Kier alpha value is -2.62. The lowest BCUT2D eigenvalue weighted by Gasteiger charge is -2.24. The molecule has 0 bridgehead atoms. The van der Waals surface area contributed by atoms with Gasteiger partial charge in [-0.2, -0.15) is 0 Å². The minimum absolute atomic E-state index is 0.00446. The monoisotopic (exact) mass is 362 g/mol. The highest BCUT2D eigenvalue weighted by Gasteiger charge is 2.45. The summed E-state index contributed by atoms with van der Waals surface area (Å²) in [6.07, 6.45) is -0.0166. The van der Waals surface area contributed by atoms with E-state index in [9.17, 15) is 0 Å². The molecule has 4 rings (SSSR count). The van der Waals surface area contributed by atoms with Crippen LogP contribution in [0, 0.1) is 5.41 Å². The molecule has 4 atom stereocenters. The Morgan fingerprint density at radius 1 is 0.667 bits per heavy atom. The average molecular weight is 362 g/mol. The lowest BCUT2D eigenvalue weighted by molar-refractivity contribution is 0.177. The van der Waals surface area contributed by atoms with Crippen LogP contribution >= 0.6 is 0 Å². The summed E-state index contributed by atoms with van der Waals surface area (Å²) in [5, 5.41) is 0. The first-order chi connectivity index (χ1) is 13.0. The van der Waals surface area contributed by atoms with Crippen LogP contribution in [0.25, 0.3) is 0 Å². The third-order valence-electron chi connectivity index (χ3n) is 5.35. The van der Waals surface area contributed by atoms with E-state index < -0.39 is 5.41 Å². The van der Waals surface area contributed by atoms with Gasteiger partial charge >= 0.3 is 0 Å². The Morgan fingerprint density at radius 2 is 1.04 bits per heavy atom. The molecular formula is C23H26N2O2. The lowest BCUT2D eigenvalue weighted by atomic mass is 9.93. The van der Waals surface area contributed by atoms with E-state index >= 15 is 0 Å². The van der Waals surface area contributed by atoms with Gasteiger partial charge in [0, 0.05) is 0 Å². The summed E-state index contributed by atoms with van der Waals surface area (Å²) < 4.78 is 12.3. The summed E-state index contributed by atoms with van der Waals surface area (Å²) >= 11 is 0. The van der Waals surface area contributed by atoms with Crippen LogP contribution in [0.2, 0.25) is 0 Å². The smallest absolute Gasteiger partial charge is 0.199 e. The summed E-state index contributed by atoms with van der Waals surface area (Å²) in [5.74, 6) is 1.40. The predicted molar refractivity (Wildman–Crippen MR) is 108 cm³/mol. The molecule has 2 aromatic rings. The number of aliphatic imine (C=N–C) groups is 2. The summed E-state index contributed by atoms with van der Waals surface area (Å²) in [6, 6.07) is 20.6. The first kappa shape index (κ1) is 17.8. The Labute approximate surface area is 161 Å². The maximum absolute atomic E-state index is 6.17. The van der Waals surface area contributed by atoms with E-state index in [0.29, 0.717) is 11.8 Å². The predicted octanol–water partition coefficient (Wildman–Crippen LogP) is 5.13. The van der Waals surface area contributed by atoms with Crippen molar-refractivity contribution in [3.05, 3.63) is 71.8 Å². The van der Waals surface area contributed by atoms with Gasteiger partial charge in [-0.1, -0.05) is 60.7 Å². The van der Waals surface area contributed by atoms with Gasteiger partial charge in [0.15, 0.2) is 11.8 Å². The Morgan fingerprint density at radius 3 is 1.41 bits per heavy atom. The van der Waals surface area contributed by atoms with E-state index in [1.54, 1.807) is 0 Å². The third kappa shape index (κ3) is 3.25. The highest BCUT2D eigenvalue weighted by molar-refractivity contribution is 6.05. The highest BCUT2D eigenvalue weighted by atomic mass is 16.5. The second kappa shape index (κ2) is 6.84. The van der Waals surface area contributed by atoms with Crippen molar-refractivity contribution in [3.8, 4) is 0 Å². The van der Waals surface area contributed by atoms with Gasteiger partial charge in [-0.25, -0.2) is 9.98 Å². The maximum Gasteiger partial charge on any atom is 0.199 e. The molecule has 0 saturated heterocycles. The van der Waals surface area contributed by atoms with Gasteiger partial charge < -0.3 is 9.47 Å². The quantitative estimate of drug-likeness (QED) is 0.757. The molecule has 0 aromatic heterocycles. The average Bonchev–Trinajstić information content (AvgIpc) is 3.27. The molecule has 0 N–H and O–H groups in total. The van der Waals surface area contributed by atoms with E-state index in [0.717, 1.165) is 0 Å². The molecule has 140 valence electrons. The number of rotatable bonds is 4. The normalized spacial score (nSPS) is 27.6. The summed E-state index contributed by atoms with van der Waals surface area (Å²) in [5.41, 5.74) is 1.83. The SMILES string of the molecule is C[C@H]1OC(C(C)(C)C2=N[C@@H](c3ccccc3)[C@@H](C)O2)=N[C@H]1c1ccccc1. The van der Waals surface area contributed by atoms with Crippen LogP contribution < -0.4 is 0 Å². The van der Waals surface area contributed by atoms with Crippen molar-refractivity contribution in [1.82, 2.24) is 0 Å². The van der Waals surface area contributed by atoms with E-state index in [-0.39, 0.29) is 24.3 Å². The van der Waals surface area contributed by atoms with Gasteiger partial charge in [0.2, 0.25) is 0 Å². The molecule has 0 saturated carbocycles. The largest absolute Gasteiger partial charge is 0.475 e. The Kier molecular flexibility index (Phi) is 4.50. The molecule has 4 heteroatoms. The lowest BCUT2D eigenvalue weighted by Crippen LogP contribution is -2.35. The standard InChI is InChI=1S/C23H26N2O2/c1-15-19(17-11-7-5-8-12-17)24-21(26-15)23(3,4)22-25-20(16(2)27-22)18-13-9-6-10-14-18/h5-16,19-20H,1-4H3/t15-,16-,19-,20-/m1/s1. The van der Waals surface area contributed by atoms with Crippen molar-refractivity contribution < 1.29 is 9.47 Å². The van der Waals surface area contributed by atoms with Crippen molar-refractivity contribution in [1.29, 1.82) is 0 Å². The van der Waals surface area contributed by atoms with Crippen molar-refractivity contribution in [2.75, 3.05) is 0 Å². The molecule has 0 amide bonds. The molecule has 2 heterocycles. The molecule has 0 radical (unpaired) electrons. The van der Waals surface area contributed by atoms with Gasteiger partial charge in [0.1, 0.15) is 29.7 Å². The molecule has 2 aliphatic rings. The molecule has 0 spiro atoms. The minimum atomic E-state index is -0.504. The topological polar surface area (TPSA) is 43.2 Å². The van der Waals surface area contributed by atoms with Crippen LogP contribution in [0.3, 0.4) is 0 Å². The second-order valence-electron chi connectivity index (χ2n) is 7.85. The summed E-state index contributed by atoms with van der Waals surface area (Å²) in [6.45, 7) is 8.28. The maximum atomic E-state index is 6.17. The van der Waals surface area contributed by atoms with Crippen molar-refractivity contribution in [3.63, 3.8) is 0 Å². The molecule has 2 aromatic carbocycles. The number of nitrogens with zero attached hydrogens (tertiary/aromatic N) is 2. The van der Waals surface area contributed by atoms with Gasteiger partial charge in [-0.3, -0.25) is 0 Å². The van der Waals surface area contributed by atoms with E-state index in [2.05, 4.69) is 52.0 Å². The fourth-order valence-electron chi connectivity index (χ4n) is 3.70. The van der Waals surface area contributed by atoms with Crippen molar-refractivity contribution in [2.24, 2.45) is 15.4 Å². The molecule has 4 nitrogen and oxygen atoms in total. The highest BCUT2D eigenvalue weighted by Crippen LogP contribution is 2.39. The van der Waals surface area contributed by atoms with E-state index in [4.69, 9.17) is 19.5 Å². The van der Waals surface area contributed by atoms with Crippen LogP contribution in [-0.4, -0.2) is 24.0 Å². The summed E-state index contributed by atoms with van der Waals surface area (Å²) in [4.78, 5) is 9.82. The minimum Gasteiger partial charge on any atom is -0.475 e. The van der Waals surface area contributed by atoms with E-state index in [1.807, 2.05) is 36.4 Å². The summed E-state index contributed by atoms with van der Waals surface area (Å²) in [7, 11) is 0. The zero-order chi connectivity index (χ0) is 19.0. The van der Waals surface area contributed by atoms with Gasteiger partial charge in [0.25, 0.3) is 0 Å². The van der Waals surface area contributed by atoms with Gasteiger partial charge in [-0.05, 0) is 38.8 Å². The molecule has 2 aliphatic heterocycles. The van der Waals surface area contributed by atoms with Gasteiger partial charge in [-0.15, -0.1) is 0 Å². The second-order valence-corrected chi connectivity index (χ2v) is 7.85. The third-order valence-corrected chi connectivity index (χ3v) is 5.35. The first-order valence-corrected chi connectivity index (χ1v) is 9.56. The van der Waals surface area contributed by atoms with Crippen molar-refractivity contribution in [2.45, 2.75) is 52.0 Å². The van der Waals surface area contributed by atoms with Crippen LogP contribution in [0.1, 0.15) is 50.9 Å². The Bertz CT molecular complexity index is 787.